The van der Waals surface area contributed by atoms with Gasteiger partial charge in [-0.3, -0.25) is 9.29 Å². The topological polar surface area (TPSA) is 138 Å². The number of furan rings is 1. The third-order valence-electron chi connectivity index (χ3n) is 5.81. The van der Waals surface area contributed by atoms with Gasteiger partial charge >= 0.3 is 0 Å². The molecule has 1 aliphatic rings. The fourth-order valence-corrected chi connectivity index (χ4v) is 5.25. The van der Waals surface area contributed by atoms with Gasteiger partial charge in [-0.1, -0.05) is 6.07 Å². The van der Waals surface area contributed by atoms with E-state index >= 15 is 0 Å². The van der Waals surface area contributed by atoms with E-state index in [1.54, 1.807) is 44.2 Å². The van der Waals surface area contributed by atoms with E-state index in [-0.39, 0.29) is 30.7 Å². The number of sulfonamides is 1. The number of anilines is 1. The smallest absolute Gasteiger partial charge is 0.243 e. The van der Waals surface area contributed by atoms with E-state index in [0.717, 1.165) is 0 Å². The Labute approximate surface area is 197 Å². The molecule has 1 aromatic carbocycles. The molecule has 0 bridgehead atoms. The highest BCUT2D eigenvalue weighted by atomic mass is 32.2. The normalized spacial score (nSPS) is 19.6. The Morgan fingerprint density at radius 1 is 1.15 bits per heavy atom. The van der Waals surface area contributed by atoms with Gasteiger partial charge in [0.1, 0.15) is 28.2 Å². The van der Waals surface area contributed by atoms with Crippen molar-refractivity contribution in [1.82, 2.24) is 14.8 Å². The van der Waals surface area contributed by atoms with Gasteiger partial charge in [0, 0.05) is 5.92 Å². The van der Waals surface area contributed by atoms with Crippen LogP contribution in [-0.2, 0) is 14.8 Å². The van der Waals surface area contributed by atoms with Gasteiger partial charge in [0.25, 0.3) is 0 Å². The number of rotatable bonds is 8. The Hall–Kier alpha value is -3.09. The predicted molar refractivity (Wildman–Crippen MR) is 124 cm³/mol. The zero-order valence-corrected chi connectivity index (χ0v) is 20.2. The molecule has 0 aliphatic carbocycles. The number of aromatic nitrogens is 3. The molecule has 2 N–H and O–H groups in total. The molecule has 34 heavy (non-hydrogen) atoms. The fraction of sp³-hybridized carbons (Fsp3) is 0.455. The van der Waals surface area contributed by atoms with Crippen LogP contribution in [0.1, 0.15) is 19.1 Å². The lowest BCUT2D eigenvalue weighted by Crippen LogP contribution is -2.41. The largest absolute Gasteiger partial charge is 0.494 e. The minimum atomic E-state index is -3.96. The summed E-state index contributed by atoms with van der Waals surface area (Å²) < 4.78 is 53.0. The molecule has 3 aromatic rings. The van der Waals surface area contributed by atoms with Gasteiger partial charge in [0.2, 0.25) is 21.8 Å². The van der Waals surface area contributed by atoms with Gasteiger partial charge in [0.05, 0.1) is 33.5 Å². The maximum Gasteiger partial charge on any atom is 0.243 e. The van der Waals surface area contributed by atoms with Crippen LogP contribution >= 0.6 is 0 Å². The number of nitrogens with one attached hydrogen (secondary N) is 1. The van der Waals surface area contributed by atoms with Crippen LogP contribution in [0.15, 0.2) is 34.7 Å². The zero-order chi connectivity index (χ0) is 24.5. The number of aliphatic hydroxyl groups excluding tert-OH is 1. The molecule has 11 nitrogen and oxygen atoms in total. The molecule has 1 fully saturated rings. The van der Waals surface area contributed by atoms with Crippen molar-refractivity contribution in [3.05, 3.63) is 36.1 Å². The fourth-order valence-electron chi connectivity index (χ4n) is 3.92. The van der Waals surface area contributed by atoms with Crippen LogP contribution in [0.25, 0.3) is 17.3 Å². The molecule has 2 unspecified atom stereocenters. The average Bonchev–Trinajstić information content (AvgIpc) is 3.43. The first-order valence-electron chi connectivity index (χ1n) is 10.8. The molecule has 3 heterocycles. The SMILES string of the molecule is COc1cccc(OC)c1-n1c(NS(=O)(=O)C2COCC([C@H](C)O)C2)nnc1-c1ccc(C)o1. The molecule has 2 aromatic heterocycles. The van der Waals surface area contributed by atoms with Crippen molar-refractivity contribution in [1.29, 1.82) is 0 Å². The predicted octanol–water partition coefficient (Wildman–Crippen LogP) is 2.38. The second-order valence-corrected chi connectivity index (χ2v) is 10.1. The Morgan fingerprint density at radius 3 is 2.44 bits per heavy atom. The quantitative estimate of drug-likeness (QED) is 0.485. The van der Waals surface area contributed by atoms with Crippen molar-refractivity contribution < 1.29 is 32.2 Å². The minimum Gasteiger partial charge on any atom is -0.494 e. The summed E-state index contributed by atoms with van der Waals surface area (Å²) in [4.78, 5) is 0. The van der Waals surface area contributed by atoms with Crippen LogP contribution in [0, 0.1) is 12.8 Å². The van der Waals surface area contributed by atoms with Crippen LogP contribution in [0.3, 0.4) is 0 Å². The lowest BCUT2D eigenvalue weighted by atomic mass is 9.97. The van der Waals surface area contributed by atoms with Crippen molar-refractivity contribution in [3.63, 3.8) is 0 Å². The number of aryl methyl sites for hydroxylation is 1. The third kappa shape index (κ3) is 4.61. The van der Waals surface area contributed by atoms with Gasteiger partial charge in [0.15, 0.2) is 5.76 Å². The van der Waals surface area contributed by atoms with E-state index in [9.17, 15) is 13.5 Å². The van der Waals surface area contributed by atoms with Crippen molar-refractivity contribution in [2.75, 3.05) is 32.2 Å². The molecular weight excluding hydrogens is 464 g/mol. The Kier molecular flexibility index (Phi) is 6.82. The van der Waals surface area contributed by atoms with Gasteiger partial charge in [-0.25, -0.2) is 8.42 Å². The summed E-state index contributed by atoms with van der Waals surface area (Å²) >= 11 is 0. The van der Waals surface area contributed by atoms with Crippen molar-refractivity contribution >= 4 is 16.0 Å². The monoisotopic (exact) mass is 492 g/mol. The van der Waals surface area contributed by atoms with E-state index in [1.807, 2.05) is 0 Å². The molecular formula is C22H28N4O7S. The van der Waals surface area contributed by atoms with Crippen LogP contribution < -0.4 is 14.2 Å². The summed E-state index contributed by atoms with van der Waals surface area (Å²) in [6.07, 6.45) is -0.433. The van der Waals surface area contributed by atoms with E-state index in [1.165, 1.54) is 18.8 Å². The van der Waals surface area contributed by atoms with Gasteiger partial charge in [-0.15, -0.1) is 10.2 Å². The molecule has 0 radical (unpaired) electrons. The lowest BCUT2D eigenvalue weighted by molar-refractivity contribution is 0.000362. The van der Waals surface area contributed by atoms with E-state index in [0.29, 0.717) is 35.3 Å². The van der Waals surface area contributed by atoms with Crippen LogP contribution in [-0.4, -0.2) is 67.1 Å². The zero-order valence-electron chi connectivity index (χ0n) is 19.4. The second kappa shape index (κ2) is 9.65. The number of hydrogen-bond donors (Lipinski definition) is 2. The second-order valence-electron chi connectivity index (χ2n) is 8.15. The summed E-state index contributed by atoms with van der Waals surface area (Å²) in [5.41, 5.74) is 0.404. The molecule has 1 aliphatic heterocycles. The minimum absolute atomic E-state index is 0.00883. The number of ether oxygens (including phenoxy) is 3. The molecule has 0 saturated carbocycles. The van der Waals surface area contributed by atoms with Crippen LogP contribution in [0.2, 0.25) is 0 Å². The molecule has 0 spiro atoms. The van der Waals surface area contributed by atoms with Crippen molar-refractivity contribution in [3.8, 4) is 28.8 Å². The lowest BCUT2D eigenvalue weighted by Gasteiger charge is -2.30. The standard InChI is InChI=1S/C22H28N4O7S/c1-13-8-9-19(33-13)21-23-24-22(26(21)20-17(30-3)6-5-7-18(20)31-4)25-34(28,29)16-10-15(14(2)27)11-32-12-16/h5-9,14-16,27H,10-12H2,1-4H3,(H,24,25)/t14-,15?,16?/m0/s1. The third-order valence-corrected chi connectivity index (χ3v) is 7.48. The first-order valence-corrected chi connectivity index (χ1v) is 12.3. The highest BCUT2D eigenvalue weighted by molar-refractivity contribution is 7.93. The van der Waals surface area contributed by atoms with Gasteiger partial charge in [-0.05, 0) is 44.5 Å². The number of nitrogens with zero attached hydrogens (tertiary/aromatic N) is 3. The first kappa shape index (κ1) is 24.0. The summed E-state index contributed by atoms with van der Waals surface area (Å²) in [6, 6.07) is 8.68. The maximum atomic E-state index is 13.3. The highest BCUT2D eigenvalue weighted by Gasteiger charge is 2.36. The van der Waals surface area contributed by atoms with Crippen LogP contribution in [0.4, 0.5) is 5.95 Å². The van der Waals surface area contributed by atoms with E-state index in [2.05, 4.69) is 14.9 Å². The molecule has 12 heteroatoms. The summed E-state index contributed by atoms with van der Waals surface area (Å²) in [5, 5.41) is 17.4. The highest BCUT2D eigenvalue weighted by Crippen LogP contribution is 2.38. The van der Waals surface area contributed by atoms with Crippen LogP contribution in [0.5, 0.6) is 11.5 Å². The Morgan fingerprint density at radius 2 is 1.85 bits per heavy atom. The number of methoxy groups -OCH3 is 2. The van der Waals surface area contributed by atoms with Gasteiger partial charge < -0.3 is 23.7 Å². The average molecular weight is 493 g/mol. The van der Waals surface area contributed by atoms with E-state index in [4.69, 9.17) is 18.6 Å². The molecule has 184 valence electrons. The van der Waals surface area contributed by atoms with E-state index < -0.39 is 21.4 Å². The van der Waals surface area contributed by atoms with Gasteiger partial charge in [-0.2, -0.15) is 0 Å². The first-order chi connectivity index (χ1) is 16.2. The Balaban J connectivity index is 1.82. The number of aliphatic hydroxyl groups is 1. The Bertz CT molecular complexity index is 1230. The summed E-state index contributed by atoms with van der Waals surface area (Å²) in [7, 11) is -0.960. The summed E-state index contributed by atoms with van der Waals surface area (Å²) in [5.74, 6) is 1.78. The summed E-state index contributed by atoms with van der Waals surface area (Å²) in [6.45, 7) is 3.73. The number of hydrogen-bond acceptors (Lipinski definition) is 9. The van der Waals surface area contributed by atoms with Crippen molar-refractivity contribution in [2.45, 2.75) is 31.6 Å². The molecule has 3 atom stereocenters. The molecule has 0 amide bonds. The number of para-hydroxylation sites is 1. The molecule has 1 saturated heterocycles. The molecule has 4 rings (SSSR count). The maximum absolute atomic E-state index is 13.3. The number of benzene rings is 1. The van der Waals surface area contributed by atoms with Crippen molar-refractivity contribution in [2.24, 2.45) is 5.92 Å².